The van der Waals surface area contributed by atoms with Gasteiger partial charge in [-0.2, -0.15) is 0 Å². The second-order valence-electron chi connectivity index (χ2n) is 10.4. The van der Waals surface area contributed by atoms with E-state index in [1.807, 2.05) is 58.0 Å². The van der Waals surface area contributed by atoms with Crippen molar-refractivity contribution in [2.75, 3.05) is 10.6 Å². The average molecular weight is 500 g/mol. The maximum absolute atomic E-state index is 13.8. The largest absolute Gasteiger partial charge is 0.389 e. The summed E-state index contributed by atoms with van der Waals surface area (Å²) in [6, 6.07) is 16.4. The summed E-state index contributed by atoms with van der Waals surface area (Å²) < 4.78 is 0. The van der Waals surface area contributed by atoms with E-state index in [0.29, 0.717) is 17.1 Å². The van der Waals surface area contributed by atoms with E-state index in [9.17, 15) is 19.5 Å². The first kappa shape index (κ1) is 26.2. The van der Waals surface area contributed by atoms with Crippen molar-refractivity contribution >= 4 is 29.0 Å². The van der Waals surface area contributed by atoms with E-state index in [4.69, 9.17) is 0 Å². The number of nitrogens with zero attached hydrogens (tertiary/aromatic N) is 1. The number of aliphatic hydroxyl groups is 1. The van der Waals surface area contributed by atoms with Crippen LogP contribution in [0.15, 0.2) is 60.8 Å². The predicted octanol–water partition coefficient (Wildman–Crippen LogP) is 4.63. The standard InChI is InChI=1S/C30H33N3O4/c1-17-9-11-21(19(3)14-17)32-28(35)26-24(34)16-30(5,37)27(25(26)23-8-6-7-13-31-23)29(36)33-22-12-10-18(2)15-20(22)4/h6-15,25-27,37H,16H2,1-5H3,(H,32,35)(H,33,36)/t25-,26+,27+,30-/m0/s1. The molecule has 1 aliphatic carbocycles. The molecule has 4 rings (SSSR count). The molecular weight excluding hydrogens is 466 g/mol. The van der Waals surface area contributed by atoms with Crippen molar-refractivity contribution < 1.29 is 19.5 Å². The lowest BCUT2D eigenvalue weighted by Gasteiger charge is -2.44. The SMILES string of the molecule is Cc1ccc(NC(=O)[C@@H]2C(=O)C[C@](C)(O)[C@@H](C(=O)Nc3ccc(C)cc3C)[C@H]2c2ccccn2)c(C)c1. The molecule has 2 aromatic carbocycles. The number of anilines is 2. The molecule has 1 fully saturated rings. The molecular formula is C30H33N3O4. The van der Waals surface area contributed by atoms with Crippen LogP contribution >= 0.6 is 0 Å². The Morgan fingerprint density at radius 1 is 0.892 bits per heavy atom. The van der Waals surface area contributed by atoms with Gasteiger partial charge in [-0.1, -0.05) is 41.5 Å². The van der Waals surface area contributed by atoms with Crippen molar-refractivity contribution in [3.63, 3.8) is 0 Å². The summed E-state index contributed by atoms with van der Waals surface area (Å²) in [7, 11) is 0. The van der Waals surface area contributed by atoms with E-state index in [1.165, 1.54) is 6.92 Å². The van der Waals surface area contributed by atoms with Crippen LogP contribution in [0.3, 0.4) is 0 Å². The number of Topliss-reactive ketones (excluding diaryl/α,β-unsaturated/α-hetero) is 1. The first-order valence-electron chi connectivity index (χ1n) is 12.4. The van der Waals surface area contributed by atoms with Crippen LogP contribution in [0.4, 0.5) is 11.4 Å². The van der Waals surface area contributed by atoms with Gasteiger partial charge in [0, 0.05) is 35.6 Å². The molecule has 1 aromatic heterocycles. The van der Waals surface area contributed by atoms with E-state index in [1.54, 1.807) is 30.5 Å². The van der Waals surface area contributed by atoms with E-state index >= 15 is 0 Å². The Morgan fingerprint density at radius 3 is 1.97 bits per heavy atom. The van der Waals surface area contributed by atoms with E-state index in [-0.39, 0.29) is 6.42 Å². The molecule has 7 heteroatoms. The summed E-state index contributed by atoms with van der Waals surface area (Å²) in [6.07, 6.45) is 1.23. The molecule has 0 spiro atoms. The number of amides is 2. The highest BCUT2D eigenvalue weighted by molar-refractivity contribution is 6.10. The van der Waals surface area contributed by atoms with Gasteiger partial charge in [0.1, 0.15) is 11.7 Å². The van der Waals surface area contributed by atoms with Crippen molar-refractivity contribution in [2.45, 2.75) is 52.6 Å². The third-order valence-corrected chi connectivity index (χ3v) is 7.14. The Labute approximate surface area is 217 Å². The quantitative estimate of drug-likeness (QED) is 0.444. The lowest BCUT2D eigenvalue weighted by Crippen LogP contribution is -2.56. The van der Waals surface area contributed by atoms with Gasteiger partial charge in [0.05, 0.1) is 11.5 Å². The van der Waals surface area contributed by atoms with Gasteiger partial charge in [-0.15, -0.1) is 0 Å². The van der Waals surface area contributed by atoms with E-state index in [2.05, 4.69) is 15.6 Å². The monoisotopic (exact) mass is 499 g/mol. The molecule has 192 valence electrons. The minimum Gasteiger partial charge on any atom is -0.389 e. The zero-order chi connectivity index (χ0) is 26.9. The number of ketones is 1. The molecule has 3 aromatic rings. The Hall–Kier alpha value is -3.84. The fourth-order valence-corrected chi connectivity index (χ4v) is 5.35. The molecule has 1 saturated carbocycles. The maximum atomic E-state index is 13.8. The molecule has 2 amide bonds. The Morgan fingerprint density at radius 2 is 1.46 bits per heavy atom. The fraction of sp³-hybridized carbons (Fsp3) is 0.333. The van der Waals surface area contributed by atoms with Crippen molar-refractivity contribution in [2.24, 2.45) is 11.8 Å². The van der Waals surface area contributed by atoms with Crippen LogP contribution in [0.5, 0.6) is 0 Å². The number of carbonyl (C=O) groups is 3. The van der Waals surface area contributed by atoms with Crippen LogP contribution in [0.1, 0.15) is 47.2 Å². The number of hydrogen-bond acceptors (Lipinski definition) is 5. The first-order valence-corrected chi connectivity index (χ1v) is 12.4. The molecule has 3 N–H and O–H groups in total. The molecule has 7 nitrogen and oxygen atoms in total. The topological polar surface area (TPSA) is 108 Å². The van der Waals surface area contributed by atoms with Gasteiger partial charge in [0.2, 0.25) is 11.8 Å². The molecule has 0 saturated heterocycles. The Balaban J connectivity index is 1.75. The summed E-state index contributed by atoms with van der Waals surface area (Å²) in [4.78, 5) is 45.3. The van der Waals surface area contributed by atoms with Crippen LogP contribution < -0.4 is 10.6 Å². The summed E-state index contributed by atoms with van der Waals surface area (Å²) >= 11 is 0. The van der Waals surface area contributed by atoms with E-state index in [0.717, 1.165) is 22.3 Å². The van der Waals surface area contributed by atoms with Crippen LogP contribution in [-0.2, 0) is 14.4 Å². The molecule has 37 heavy (non-hydrogen) atoms. The molecule has 1 aliphatic rings. The summed E-state index contributed by atoms with van der Waals surface area (Å²) in [5.41, 5.74) is 3.77. The van der Waals surface area contributed by atoms with Gasteiger partial charge >= 0.3 is 0 Å². The van der Waals surface area contributed by atoms with Gasteiger partial charge in [-0.25, -0.2) is 0 Å². The first-order chi connectivity index (χ1) is 17.5. The number of aryl methyl sites for hydroxylation is 4. The van der Waals surface area contributed by atoms with Gasteiger partial charge in [0.25, 0.3) is 0 Å². The lowest BCUT2D eigenvalue weighted by molar-refractivity contribution is -0.151. The smallest absolute Gasteiger partial charge is 0.235 e. The van der Waals surface area contributed by atoms with Crippen LogP contribution in [0, 0.1) is 39.5 Å². The minimum atomic E-state index is -1.68. The predicted molar refractivity (Wildman–Crippen MR) is 143 cm³/mol. The molecule has 0 unspecified atom stereocenters. The highest BCUT2D eigenvalue weighted by Crippen LogP contribution is 2.46. The average Bonchev–Trinajstić information content (AvgIpc) is 2.82. The second-order valence-corrected chi connectivity index (χ2v) is 10.4. The van der Waals surface area contributed by atoms with Crippen LogP contribution in [-0.4, -0.2) is 33.3 Å². The number of benzene rings is 2. The number of pyridine rings is 1. The zero-order valence-electron chi connectivity index (χ0n) is 21.8. The number of aromatic nitrogens is 1. The number of carbonyl (C=O) groups excluding carboxylic acids is 3. The maximum Gasteiger partial charge on any atom is 0.235 e. The summed E-state index contributed by atoms with van der Waals surface area (Å²) in [5.74, 6) is -4.69. The second kappa shape index (κ2) is 10.3. The van der Waals surface area contributed by atoms with Crippen molar-refractivity contribution in [1.29, 1.82) is 0 Å². The Bertz CT molecular complexity index is 1350. The highest BCUT2D eigenvalue weighted by atomic mass is 16.3. The van der Waals surface area contributed by atoms with Crippen molar-refractivity contribution in [3.05, 3.63) is 88.7 Å². The fourth-order valence-electron chi connectivity index (χ4n) is 5.35. The van der Waals surface area contributed by atoms with Crippen LogP contribution in [0.2, 0.25) is 0 Å². The molecule has 0 bridgehead atoms. The minimum absolute atomic E-state index is 0.327. The van der Waals surface area contributed by atoms with Crippen molar-refractivity contribution in [3.8, 4) is 0 Å². The zero-order valence-corrected chi connectivity index (χ0v) is 21.8. The van der Waals surface area contributed by atoms with Gasteiger partial charge in [-0.3, -0.25) is 19.4 Å². The third-order valence-electron chi connectivity index (χ3n) is 7.14. The normalized spacial score (nSPS) is 23.4. The number of hydrogen-bond donors (Lipinski definition) is 3. The molecule has 1 heterocycles. The Kier molecular flexibility index (Phi) is 7.28. The van der Waals surface area contributed by atoms with Crippen LogP contribution in [0.25, 0.3) is 0 Å². The van der Waals surface area contributed by atoms with E-state index < -0.39 is 41.0 Å². The molecule has 0 radical (unpaired) electrons. The van der Waals surface area contributed by atoms with Gasteiger partial charge in [-0.05, 0) is 70.0 Å². The summed E-state index contributed by atoms with van der Waals surface area (Å²) in [5, 5.41) is 17.2. The highest BCUT2D eigenvalue weighted by Gasteiger charge is 2.56. The number of rotatable bonds is 5. The van der Waals surface area contributed by atoms with Gasteiger partial charge < -0.3 is 15.7 Å². The third kappa shape index (κ3) is 5.47. The van der Waals surface area contributed by atoms with Gasteiger partial charge in [0.15, 0.2) is 0 Å². The number of nitrogens with one attached hydrogen (secondary N) is 2. The van der Waals surface area contributed by atoms with Crippen molar-refractivity contribution in [1.82, 2.24) is 4.98 Å². The summed E-state index contributed by atoms with van der Waals surface area (Å²) in [6.45, 7) is 9.17. The molecule has 0 aliphatic heterocycles. The lowest BCUT2D eigenvalue weighted by atomic mass is 9.62. The molecule has 4 atom stereocenters.